The lowest BCUT2D eigenvalue weighted by atomic mass is 9.81. The minimum atomic E-state index is -3.73. The molecule has 0 bridgehead atoms. The maximum absolute atomic E-state index is 13.0. The van der Waals surface area contributed by atoms with Crippen molar-refractivity contribution in [2.45, 2.75) is 69.3 Å². The molecule has 2 saturated heterocycles. The van der Waals surface area contributed by atoms with Gasteiger partial charge in [0.25, 0.3) is 10.1 Å². The third-order valence-electron chi connectivity index (χ3n) is 9.29. The standard InChI is InChI=1S/C18H27NO7S2.C17H23NO4S/c1-13-5-7-16(8-6-13)28(23,24)19-10-9-15(11-18(20)25-3)17(12-19)14(2)26-27(4,21)22;1-4-14-12-18(10-9-15(14)11-17(19)22-3)23(20,21)16-7-5-13(2)6-8-16/h5-8,14-15,17H,9-12H2,1-4H3;4-8,15H,9-12H2,1-3H3/b;14-4+/t14-,15?,17?;/m0./s1. The molecule has 13 nitrogen and oxygen atoms in total. The molecule has 51 heavy (non-hydrogen) atoms. The molecule has 2 aromatic carbocycles. The number of esters is 2. The Labute approximate surface area is 303 Å². The highest BCUT2D eigenvalue weighted by Crippen LogP contribution is 2.34. The fourth-order valence-electron chi connectivity index (χ4n) is 6.31. The average molecular weight is 771 g/mol. The number of aryl methyl sites for hydroxylation is 2. The molecule has 3 unspecified atom stereocenters. The van der Waals surface area contributed by atoms with E-state index in [-0.39, 0.29) is 42.2 Å². The van der Waals surface area contributed by atoms with E-state index in [1.54, 1.807) is 55.5 Å². The van der Waals surface area contributed by atoms with Crippen molar-refractivity contribution in [3.05, 3.63) is 71.3 Å². The zero-order chi connectivity index (χ0) is 38.1. The fourth-order valence-corrected chi connectivity index (χ4v) is 9.94. The lowest BCUT2D eigenvalue weighted by molar-refractivity contribution is -0.143. The summed E-state index contributed by atoms with van der Waals surface area (Å²) >= 11 is 0. The molecule has 2 heterocycles. The molecule has 0 aliphatic carbocycles. The first-order valence-corrected chi connectivity index (χ1v) is 21.3. The summed E-state index contributed by atoms with van der Waals surface area (Å²) in [6, 6.07) is 13.4. The number of benzene rings is 2. The van der Waals surface area contributed by atoms with Crippen LogP contribution in [0.5, 0.6) is 0 Å². The summed E-state index contributed by atoms with van der Waals surface area (Å²) in [4.78, 5) is 23.7. The number of methoxy groups -OCH3 is 2. The number of sulfonamides is 2. The van der Waals surface area contributed by atoms with Gasteiger partial charge in [-0.3, -0.25) is 13.8 Å². The van der Waals surface area contributed by atoms with Gasteiger partial charge in [0, 0.05) is 38.5 Å². The molecule has 0 amide bonds. The fraction of sp³-hybridized carbons (Fsp3) is 0.543. The monoisotopic (exact) mass is 770 g/mol. The van der Waals surface area contributed by atoms with Crippen LogP contribution in [0.2, 0.25) is 0 Å². The first-order valence-electron chi connectivity index (χ1n) is 16.6. The predicted octanol–water partition coefficient (Wildman–Crippen LogP) is 4.06. The number of hydrogen-bond donors (Lipinski definition) is 0. The van der Waals surface area contributed by atoms with E-state index in [0.29, 0.717) is 37.2 Å². The lowest BCUT2D eigenvalue weighted by Crippen LogP contribution is -2.48. The summed E-state index contributed by atoms with van der Waals surface area (Å²) in [5.74, 6) is -1.34. The van der Waals surface area contributed by atoms with Crippen molar-refractivity contribution in [3.63, 3.8) is 0 Å². The van der Waals surface area contributed by atoms with Gasteiger partial charge in [0.2, 0.25) is 20.0 Å². The summed E-state index contributed by atoms with van der Waals surface area (Å²) in [5, 5.41) is 0. The first kappa shape index (κ1) is 42.3. The SMILES string of the molecule is C/C=C1\CN(S(=O)(=O)c2ccc(C)cc2)CCC1CC(=O)OC.COC(=O)CC1CCN(S(=O)(=O)c2ccc(C)cc2)CC1[C@H](C)OS(C)(=O)=O. The summed E-state index contributed by atoms with van der Waals surface area (Å²) in [6.45, 7) is 8.29. The van der Waals surface area contributed by atoms with E-state index in [0.717, 1.165) is 23.0 Å². The Morgan fingerprint density at radius 2 is 1.25 bits per heavy atom. The maximum atomic E-state index is 13.0. The van der Waals surface area contributed by atoms with Crippen molar-refractivity contribution >= 4 is 42.1 Å². The van der Waals surface area contributed by atoms with E-state index in [2.05, 4.69) is 0 Å². The van der Waals surface area contributed by atoms with Gasteiger partial charge in [0.15, 0.2) is 0 Å². The molecule has 284 valence electrons. The van der Waals surface area contributed by atoms with Crippen LogP contribution in [0, 0.1) is 31.6 Å². The Balaban J connectivity index is 0.000000281. The Morgan fingerprint density at radius 1 is 0.784 bits per heavy atom. The molecule has 0 N–H and O–H groups in total. The second-order valence-electron chi connectivity index (χ2n) is 13.0. The molecule has 2 fully saturated rings. The van der Waals surface area contributed by atoms with Crippen LogP contribution in [-0.2, 0) is 53.4 Å². The highest BCUT2D eigenvalue weighted by atomic mass is 32.2. The van der Waals surface area contributed by atoms with Crippen molar-refractivity contribution in [1.29, 1.82) is 0 Å². The summed E-state index contributed by atoms with van der Waals surface area (Å²) in [5.41, 5.74) is 2.94. The van der Waals surface area contributed by atoms with Crippen LogP contribution < -0.4 is 0 Å². The number of allylic oxidation sites excluding steroid dienone is 1. The van der Waals surface area contributed by atoms with Gasteiger partial charge in [0.05, 0.1) is 42.8 Å². The lowest BCUT2D eigenvalue weighted by Gasteiger charge is -2.39. The minimum absolute atomic E-state index is 0.0527. The quantitative estimate of drug-likeness (QED) is 0.183. The van der Waals surface area contributed by atoms with Gasteiger partial charge in [-0.1, -0.05) is 47.0 Å². The number of piperidine rings is 2. The second kappa shape index (κ2) is 18.1. The van der Waals surface area contributed by atoms with Gasteiger partial charge in [0.1, 0.15) is 0 Å². The van der Waals surface area contributed by atoms with Crippen LogP contribution >= 0.6 is 0 Å². The second-order valence-corrected chi connectivity index (χ2v) is 18.4. The Bertz CT molecular complexity index is 1860. The van der Waals surface area contributed by atoms with Crippen molar-refractivity contribution in [1.82, 2.24) is 8.61 Å². The number of hydrogen-bond acceptors (Lipinski definition) is 11. The number of carbonyl (C=O) groups excluding carboxylic acids is 2. The van der Waals surface area contributed by atoms with Crippen LogP contribution in [0.25, 0.3) is 0 Å². The molecule has 4 atom stereocenters. The molecule has 0 aromatic heterocycles. The first-order chi connectivity index (χ1) is 23.8. The van der Waals surface area contributed by atoms with Gasteiger partial charge in [-0.05, 0) is 76.6 Å². The molecule has 4 rings (SSSR count). The number of carbonyl (C=O) groups is 2. The average Bonchev–Trinajstić information content (AvgIpc) is 3.08. The minimum Gasteiger partial charge on any atom is -0.469 e. The number of ether oxygens (including phenoxy) is 2. The smallest absolute Gasteiger partial charge is 0.306 e. The van der Waals surface area contributed by atoms with Gasteiger partial charge in [-0.15, -0.1) is 0 Å². The Morgan fingerprint density at radius 3 is 1.73 bits per heavy atom. The van der Waals surface area contributed by atoms with Crippen LogP contribution in [0.4, 0.5) is 0 Å². The molecule has 0 saturated carbocycles. The van der Waals surface area contributed by atoms with E-state index >= 15 is 0 Å². The highest BCUT2D eigenvalue weighted by Gasteiger charge is 2.40. The van der Waals surface area contributed by atoms with Crippen molar-refractivity contribution < 1.29 is 48.5 Å². The highest BCUT2D eigenvalue weighted by molar-refractivity contribution is 7.89. The Kier molecular flexibility index (Phi) is 15.0. The van der Waals surface area contributed by atoms with Crippen molar-refractivity contribution in [2.24, 2.45) is 17.8 Å². The molecule has 2 aliphatic rings. The summed E-state index contributed by atoms with van der Waals surface area (Å²) in [6.07, 6.45) is 3.49. The van der Waals surface area contributed by atoms with E-state index in [1.165, 1.54) is 22.8 Å². The normalized spacial score (nSPS) is 22.0. The third kappa shape index (κ3) is 11.7. The van der Waals surface area contributed by atoms with Gasteiger partial charge in [-0.2, -0.15) is 17.0 Å². The molecular weight excluding hydrogens is 721 g/mol. The predicted molar refractivity (Wildman–Crippen MR) is 192 cm³/mol. The van der Waals surface area contributed by atoms with Crippen LogP contribution in [-0.4, -0.2) is 98.6 Å². The third-order valence-corrected chi connectivity index (χ3v) is 13.7. The summed E-state index contributed by atoms with van der Waals surface area (Å²) in [7, 11) is -8.31. The van der Waals surface area contributed by atoms with E-state index in [9.17, 15) is 34.8 Å². The van der Waals surface area contributed by atoms with Crippen molar-refractivity contribution in [2.75, 3.05) is 46.7 Å². The molecular formula is C35H50N2O11S3. The maximum Gasteiger partial charge on any atom is 0.306 e. The van der Waals surface area contributed by atoms with E-state index in [1.807, 2.05) is 26.8 Å². The largest absolute Gasteiger partial charge is 0.469 e. The van der Waals surface area contributed by atoms with Gasteiger partial charge >= 0.3 is 11.9 Å². The molecule has 2 aliphatic heterocycles. The molecule has 16 heteroatoms. The van der Waals surface area contributed by atoms with E-state index < -0.39 is 48.2 Å². The number of rotatable bonds is 11. The zero-order valence-corrected chi connectivity index (χ0v) is 32.7. The molecule has 0 radical (unpaired) electrons. The van der Waals surface area contributed by atoms with Gasteiger partial charge < -0.3 is 9.47 Å². The van der Waals surface area contributed by atoms with Gasteiger partial charge in [-0.25, -0.2) is 16.8 Å². The molecule has 2 aromatic rings. The van der Waals surface area contributed by atoms with E-state index in [4.69, 9.17) is 13.7 Å². The topological polar surface area (TPSA) is 171 Å². The number of nitrogens with zero attached hydrogens (tertiary/aromatic N) is 2. The Hall–Kier alpha value is -3.15. The zero-order valence-electron chi connectivity index (χ0n) is 30.3. The summed E-state index contributed by atoms with van der Waals surface area (Å²) < 4.78 is 92.0. The van der Waals surface area contributed by atoms with Crippen LogP contribution in [0.1, 0.15) is 50.7 Å². The molecule has 0 spiro atoms. The van der Waals surface area contributed by atoms with Crippen LogP contribution in [0.3, 0.4) is 0 Å². The van der Waals surface area contributed by atoms with Crippen LogP contribution in [0.15, 0.2) is 70.0 Å². The van der Waals surface area contributed by atoms with Crippen molar-refractivity contribution in [3.8, 4) is 0 Å².